The zero-order valence-corrected chi connectivity index (χ0v) is 16.3. The van der Waals surface area contributed by atoms with Gasteiger partial charge in [0.25, 0.3) is 5.91 Å². The third kappa shape index (κ3) is 3.61. The molecule has 0 spiro atoms. The van der Waals surface area contributed by atoms with Crippen LogP contribution in [0.2, 0.25) is 0 Å². The van der Waals surface area contributed by atoms with Crippen LogP contribution in [0, 0.1) is 11.3 Å². The molecule has 2 N–H and O–H groups in total. The van der Waals surface area contributed by atoms with Gasteiger partial charge in [-0.15, -0.1) is 0 Å². The number of carbonyl (C=O) groups is 3. The van der Waals surface area contributed by atoms with Gasteiger partial charge in [0.05, 0.1) is 6.04 Å². The zero-order valence-electron chi connectivity index (χ0n) is 16.3. The first kappa shape index (κ1) is 20.0. The van der Waals surface area contributed by atoms with Gasteiger partial charge in [-0.3, -0.25) is 9.69 Å². The highest BCUT2D eigenvalue weighted by Crippen LogP contribution is 2.46. The molecule has 2 aliphatic rings. The van der Waals surface area contributed by atoms with Gasteiger partial charge in [-0.1, -0.05) is 33.4 Å². The van der Waals surface area contributed by atoms with E-state index < -0.39 is 35.7 Å². The lowest BCUT2D eigenvalue weighted by molar-refractivity contribution is -0.155. The summed E-state index contributed by atoms with van der Waals surface area (Å²) < 4.78 is 5.22. The molecule has 2 aliphatic heterocycles. The fourth-order valence-electron chi connectivity index (χ4n) is 3.61. The summed E-state index contributed by atoms with van der Waals surface area (Å²) in [5, 5.41) is 12.3. The number of β-lactam (4-membered cyclic amide) rings is 1. The lowest BCUT2D eigenvalue weighted by atomic mass is 9.67. The largest absolute Gasteiger partial charge is 0.477 e. The molecule has 7 heteroatoms. The summed E-state index contributed by atoms with van der Waals surface area (Å²) in [4.78, 5) is 37.7. The smallest absolute Gasteiger partial charge is 0.408 e. The first-order valence-electron chi connectivity index (χ1n) is 8.70. The van der Waals surface area contributed by atoms with Crippen LogP contribution in [-0.4, -0.2) is 45.7 Å². The molecule has 7 nitrogen and oxygen atoms in total. The van der Waals surface area contributed by atoms with E-state index in [0.29, 0.717) is 12.0 Å². The first-order valence-corrected chi connectivity index (χ1v) is 8.70. The van der Waals surface area contributed by atoms with Crippen LogP contribution < -0.4 is 5.32 Å². The molecule has 1 unspecified atom stereocenters. The summed E-state index contributed by atoms with van der Waals surface area (Å²) >= 11 is 0. The number of alkyl carbamates (subject to hydrolysis) is 1. The minimum Gasteiger partial charge on any atom is -0.477 e. The van der Waals surface area contributed by atoms with E-state index in [1.165, 1.54) is 11.0 Å². The van der Waals surface area contributed by atoms with Gasteiger partial charge in [-0.05, 0) is 44.1 Å². The molecule has 2 rings (SSSR count). The number of ether oxygens (including phenoxy) is 1. The third-order valence-corrected chi connectivity index (χ3v) is 4.73. The molecule has 0 aliphatic carbocycles. The number of carboxylic acids is 1. The van der Waals surface area contributed by atoms with Crippen molar-refractivity contribution in [1.82, 2.24) is 10.2 Å². The number of hydrogen-bond acceptors (Lipinski definition) is 4. The van der Waals surface area contributed by atoms with Crippen LogP contribution in [0.1, 0.15) is 48.0 Å². The van der Waals surface area contributed by atoms with Gasteiger partial charge in [0.1, 0.15) is 17.3 Å². The second-order valence-electron chi connectivity index (χ2n) is 8.87. The van der Waals surface area contributed by atoms with Gasteiger partial charge < -0.3 is 15.2 Å². The van der Waals surface area contributed by atoms with Crippen LogP contribution in [0.4, 0.5) is 4.79 Å². The van der Waals surface area contributed by atoms with Crippen LogP contribution in [0.15, 0.2) is 23.9 Å². The number of carboxylic acid groups (broad SMARTS) is 1. The summed E-state index contributed by atoms with van der Waals surface area (Å²) in [5.41, 5.74) is -0.376. The van der Waals surface area contributed by atoms with Crippen molar-refractivity contribution in [2.45, 2.75) is 65.6 Å². The number of aliphatic carboxylic acids is 1. The number of carbonyl (C=O) groups excluding carboxylic acids is 2. The van der Waals surface area contributed by atoms with Crippen molar-refractivity contribution in [1.29, 1.82) is 0 Å². The fourth-order valence-corrected chi connectivity index (χ4v) is 3.61. The number of fused-ring (bicyclic) bond motifs is 1. The minimum atomic E-state index is -1.16. The van der Waals surface area contributed by atoms with Crippen molar-refractivity contribution < 1.29 is 24.2 Å². The predicted octanol–water partition coefficient (Wildman–Crippen LogP) is 2.68. The molecule has 2 amide bonds. The van der Waals surface area contributed by atoms with Crippen molar-refractivity contribution in [3.8, 4) is 0 Å². The van der Waals surface area contributed by atoms with Gasteiger partial charge in [0.2, 0.25) is 0 Å². The standard InChI is InChI=1S/C19H28N2O5/c1-8-10-11(18(2,3)4)9-12-13(20-17(25)26-19(5,6)7)15(22)21(12)14(10)16(23)24/h8,11-13H,1,9H2,2-7H3,(H,20,25)(H,23,24)/t11?,12-,13+/m1/s1. The summed E-state index contributed by atoms with van der Waals surface area (Å²) in [7, 11) is 0. The lowest BCUT2D eigenvalue weighted by Crippen LogP contribution is -2.72. The van der Waals surface area contributed by atoms with E-state index in [0.717, 1.165) is 0 Å². The number of allylic oxidation sites excluding steroid dienone is 2. The molecule has 144 valence electrons. The second kappa shape index (κ2) is 6.45. The second-order valence-corrected chi connectivity index (χ2v) is 8.87. The van der Waals surface area contributed by atoms with Gasteiger partial charge >= 0.3 is 12.1 Å². The molecule has 1 saturated heterocycles. The van der Waals surface area contributed by atoms with Gasteiger partial charge in [0, 0.05) is 0 Å². The zero-order chi connectivity index (χ0) is 20.0. The fraction of sp³-hybridized carbons (Fsp3) is 0.632. The van der Waals surface area contributed by atoms with Crippen LogP contribution in [0.3, 0.4) is 0 Å². The van der Waals surface area contributed by atoms with Crippen LogP contribution in [-0.2, 0) is 14.3 Å². The Labute approximate surface area is 154 Å². The van der Waals surface area contributed by atoms with E-state index in [1.807, 2.05) is 20.8 Å². The third-order valence-electron chi connectivity index (χ3n) is 4.73. The summed E-state index contributed by atoms with van der Waals surface area (Å²) in [6.45, 7) is 15.0. The van der Waals surface area contributed by atoms with Crippen molar-refractivity contribution in [2.24, 2.45) is 11.3 Å². The van der Waals surface area contributed by atoms with E-state index in [-0.39, 0.29) is 17.0 Å². The lowest BCUT2D eigenvalue weighted by Gasteiger charge is -2.53. The number of nitrogens with one attached hydrogen (secondary N) is 1. The normalized spacial score (nSPS) is 26.0. The van der Waals surface area contributed by atoms with Crippen LogP contribution >= 0.6 is 0 Å². The average Bonchev–Trinajstić information content (AvgIpc) is 2.47. The Bertz CT molecular complexity index is 681. The molecule has 26 heavy (non-hydrogen) atoms. The Morgan fingerprint density at radius 2 is 1.85 bits per heavy atom. The van der Waals surface area contributed by atoms with E-state index in [9.17, 15) is 19.5 Å². The first-order chi connectivity index (χ1) is 11.8. The van der Waals surface area contributed by atoms with Crippen molar-refractivity contribution >= 4 is 18.0 Å². The Balaban J connectivity index is 2.33. The van der Waals surface area contributed by atoms with Gasteiger partial charge in [-0.2, -0.15) is 0 Å². The highest BCUT2D eigenvalue weighted by Gasteiger charge is 2.56. The maximum absolute atomic E-state index is 12.6. The number of amides is 2. The molecule has 0 aromatic heterocycles. The molecule has 0 aromatic rings. The van der Waals surface area contributed by atoms with E-state index in [2.05, 4.69) is 11.9 Å². The maximum Gasteiger partial charge on any atom is 0.408 e. The van der Waals surface area contributed by atoms with E-state index in [1.54, 1.807) is 20.8 Å². The number of nitrogens with zero attached hydrogens (tertiary/aromatic N) is 1. The predicted molar refractivity (Wildman–Crippen MR) is 96.2 cm³/mol. The maximum atomic E-state index is 12.6. The molecule has 0 bridgehead atoms. The molecule has 0 saturated carbocycles. The van der Waals surface area contributed by atoms with Crippen molar-refractivity contribution in [3.63, 3.8) is 0 Å². The summed E-state index contributed by atoms with van der Waals surface area (Å²) in [5.74, 6) is -1.70. The van der Waals surface area contributed by atoms with Gasteiger partial charge in [-0.25, -0.2) is 9.59 Å². The van der Waals surface area contributed by atoms with Crippen LogP contribution in [0.25, 0.3) is 0 Å². The monoisotopic (exact) mass is 364 g/mol. The van der Waals surface area contributed by atoms with Gasteiger partial charge in [0.15, 0.2) is 0 Å². The number of hydrogen-bond donors (Lipinski definition) is 2. The van der Waals surface area contributed by atoms with Crippen molar-refractivity contribution in [2.75, 3.05) is 0 Å². The number of rotatable bonds is 3. The topological polar surface area (TPSA) is 95.9 Å². The van der Waals surface area contributed by atoms with E-state index >= 15 is 0 Å². The quantitative estimate of drug-likeness (QED) is 0.751. The average molecular weight is 364 g/mol. The molecular weight excluding hydrogens is 336 g/mol. The Morgan fingerprint density at radius 3 is 2.27 bits per heavy atom. The highest BCUT2D eigenvalue weighted by atomic mass is 16.6. The molecule has 3 atom stereocenters. The molecule has 1 fully saturated rings. The Hall–Kier alpha value is -2.31. The van der Waals surface area contributed by atoms with E-state index in [4.69, 9.17) is 4.74 Å². The Morgan fingerprint density at radius 1 is 1.27 bits per heavy atom. The molecule has 0 radical (unpaired) electrons. The Kier molecular flexibility index (Phi) is 4.96. The SMILES string of the molecule is C=CC1=C(C(=O)O)N2C(=O)[C@@H](NC(=O)OC(C)(C)C)[C@H]2CC1C(C)(C)C. The van der Waals surface area contributed by atoms with Crippen LogP contribution in [0.5, 0.6) is 0 Å². The summed E-state index contributed by atoms with van der Waals surface area (Å²) in [6, 6.07) is -1.19. The van der Waals surface area contributed by atoms with Crippen molar-refractivity contribution in [3.05, 3.63) is 23.9 Å². The molecular formula is C19H28N2O5. The molecule has 0 aromatic carbocycles. The highest BCUT2D eigenvalue weighted by molar-refractivity contribution is 6.01. The minimum absolute atomic E-state index is 0.0385. The molecule has 2 heterocycles. The summed E-state index contributed by atoms with van der Waals surface area (Å²) in [6.07, 6.45) is 1.39.